The van der Waals surface area contributed by atoms with Gasteiger partial charge >= 0.3 is 0 Å². The van der Waals surface area contributed by atoms with Gasteiger partial charge in [-0.05, 0) is 184 Å². The van der Waals surface area contributed by atoms with Crippen molar-refractivity contribution in [3.63, 3.8) is 0 Å². The third kappa shape index (κ3) is 16.6. The lowest BCUT2D eigenvalue weighted by Crippen LogP contribution is -2.04. The number of benzene rings is 17. The van der Waals surface area contributed by atoms with E-state index in [9.17, 15) is 15.8 Å². The lowest BCUT2D eigenvalue weighted by molar-refractivity contribution is 1.07. The van der Waals surface area contributed by atoms with Gasteiger partial charge in [-0.25, -0.2) is 59.8 Å². The van der Waals surface area contributed by atoms with Gasteiger partial charge in [0.2, 0.25) is 0 Å². The molecule has 0 amide bonds. The Morgan fingerprint density at radius 3 is 0.760 bits per heavy atom. The minimum Gasteiger partial charge on any atom is -0.309 e. The highest BCUT2D eigenvalue weighted by Crippen LogP contribution is 2.48. The van der Waals surface area contributed by atoms with Crippen LogP contribution in [-0.4, -0.2) is 78.9 Å². The second-order valence-corrected chi connectivity index (χ2v) is 35.3. The molecule has 8 heterocycles. The van der Waals surface area contributed by atoms with Crippen molar-refractivity contribution in [2.75, 3.05) is 0 Å². The van der Waals surface area contributed by atoms with E-state index in [1.165, 1.54) is 0 Å². The molecule has 0 bridgehead atoms. The second-order valence-electron chi connectivity index (χ2n) is 35.3. The van der Waals surface area contributed by atoms with Gasteiger partial charge in [0.25, 0.3) is 0 Å². The van der Waals surface area contributed by atoms with Gasteiger partial charge in [-0.3, -0.25) is 9.97 Å². The standard InChI is InChI=1S/C127H75N19/c128-74-79-47-49-82(50-48-79)93-51-56-111-103(69-93)100-45-19-20-46-110(100)145(111)114-59-54-99(73-106(114)108-77-131-63-61-101(108)126-141-119(86-33-13-4-14-34-86)134-120(142-126)87-35-15-5-16-36-87)125-138-118(85-31-11-3-12-32-85)135-122(140-125)96-43-23-41-91(67-96)92-42-24-44-97(68-92)123-139-121(88-37-17-6-18-38-88)143-127(144-123)102-62-64-132-78-109(102)107-72-98(124-136-116(83-27-7-1-8-28-83)133-117(137-124)84-29-9-2-10-30-84)55-60-115(107)146-112-57-52-94(89-39-21-25-80(65-89)75-129)70-104(112)105-71-95(53-58-113(105)146)90-40-22-26-81(66-90)76-130/h1-73,77-78H. The number of nitrogens with zero attached hydrogens (tertiary/aromatic N) is 19. The quantitative estimate of drug-likeness (QED) is 0.0686. The number of para-hydroxylation sites is 1. The first-order valence-electron chi connectivity index (χ1n) is 47.6. The van der Waals surface area contributed by atoms with Crippen molar-refractivity contribution in [1.29, 1.82) is 15.8 Å². The predicted molar refractivity (Wildman–Crippen MR) is 576 cm³/mol. The first-order chi connectivity index (χ1) is 72.2. The van der Waals surface area contributed by atoms with E-state index in [4.69, 9.17) is 69.8 Å². The maximum atomic E-state index is 10.2. The molecule has 146 heavy (non-hydrogen) atoms. The Morgan fingerprint density at radius 2 is 0.411 bits per heavy atom. The molecule has 0 aliphatic rings. The monoisotopic (exact) mass is 1870 g/mol. The summed E-state index contributed by atoms with van der Waals surface area (Å²) in [6.07, 6.45) is 7.31. The molecule has 0 spiro atoms. The second kappa shape index (κ2) is 37.5. The summed E-state index contributed by atoms with van der Waals surface area (Å²) in [5, 5.41) is 34.2. The van der Waals surface area contributed by atoms with E-state index < -0.39 is 0 Å². The van der Waals surface area contributed by atoms with Crippen LogP contribution in [0.1, 0.15) is 16.7 Å². The highest BCUT2D eigenvalue weighted by atomic mass is 15.1. The number of hydrogen-bond acceptors (Lipinski definition) is 17. The fraction of sp³-hybridized carbons (Fsp3) is 0. The number of hydrogen-bond donors (Lipinski definition) is 0. The molecule has 0 aliphatic heterocycles. The summed E-state index contributed by atoms with van der Waals surface area (Å²) < 4.78 is 4.61. The molecule has 19 nitrogen and oxygen atoms in total. The zero-order chi connectivity index (χ0) is 97.5. The third-order valence-electron chi connectivity index (χ3n) is 26.4. The molecule has 0 aliphatic carbocycles. The molecule has 0 saturated heterocycles. The van der Waals surface area contributed by atoms with Gasteiger partial charge < -0.3 is 9.13 Å². The number of nitriles is 3. The number of aromatic nitrogens is 16. The molecule has 678 valence electrons. The summed E-state index contributed by atoms with van der Waals surface area (Å²) in [7, 11) is 0. The maximum absolute atomic E-state index is 10.2. The molecule has 8 aromatic heterocycles. The molecular formula is C127H75N19. The lowest BCUT2D eigenvalue weighted by Gasteiger charge is -2.18. The Morgan fingerprint density at radius 1 is 0.158 bits per heavy atom. The van der Waals surface area contributed by atoms with Crippen LogP contribution in [0.2, 0.25) is 0 Å². The summed E-state index contributed by atoms with van der Waals surface area (Å²) >= 11 is 0. The van der Waals surface area contributed by atoms with Crippen molar-refractivity contribution < 1.29 is 0 Å². The fourth-order valence-electron chi connectivity index (χ4n) is 19.3. The third-order valence-corrected chi connectivity index (χ3v) is 26.4. The van der Waals surface area contributed by atoms with Crippen molar-refractivity contribution in [2.45, 2.75) is 0 Å². The molecule has 19 heteroatoms. The van der Waals surface area contributed by atoms with Crippen LogP contribution in [0.15, 0.2) is 455 Å². The van der Waals surface area contributed by atoms with Crippen LogP contribution in [0.3, 0.4) is 0 Å². The van der Waals surface area contributed by atoms with Gasteiger partial charge in [0, 0.05) is 135 Å². The lowest BCUT2D eigenvalue weighted by atomic mass is 9.96. The molecule has 0 saturated carbocycles. The number of rotatable bonds is 20. The normalized spacial score (nSPS) is 11.3. The molecule has 0 atom stereocenters. The van der Waals surface area contributed by atoms with Crippen LogP contribution in [0.25, 0.3) is 258 Å². The van der Waals surface area contributed by atoms with Crippen LogP contribution in [-0.2, 0) is 0 Å². The highest BCUT2D eigenvalue weighted by molar-refractivity contribution is 6.14. The van der Waals surface area contributed by atoms with Crippen molar-refractivity contribution in [1.82, 2.24) is 78.9 Å². The number of pyridine rings is 2. The van der Waals surface area contributed by atoms with Gasteiger partial charge in [0.15, 0.2) is 69.9 Å². The first kappa shape index (κ1) is 86.7. The van der Waals surface area contributed by atoms with Gasteiger partial charge in [-0.1, -0.05) is 291 Å². The molecular weight excluding hydrogens is 1790 g/mol. The maximum Gasteiger partial charge on any atom is 0.164 e. The summed E-state index contributed by atoms with van der Waals surface area (Å²) in [5.41, 5.74) is 26.5. The van der Waals surface area contributed by atoms with Crippen molar-refractivity contribution >= 4 is 43.6 Å². The molecule has 0 N–H and O–H groups in total. The molecule has 25 rings (SSSR count). The minimum absolute atomic E-state index is 0.380. The van der Waals surface area contributed by atoms with E-state index in [2.05, 4.69) is 167 Å². The Kier molecular flexibility index (Phi) is 22.3. The predicted octanol–water partition coefficient (Wildman–Crippen LogP) is 29.0. The minimum atomic E-state index is 0.380. The van der Waals surface area contributed by atoms with E-state index in [-0.39, 0.29) is 0 Å². The van der Waals surface area contributed by atoms with E-state index >= 15 is 0 Å². The Hall–Kier alpha value is -20.8. The van der Waals surface area contributed by atoms with Gasteiger partial charge in [0.05, 0.1) is 68.3 Å². The van der Waals surface area contributed by atoms with E-state index in [0.717, 1.165) is 161 Å². The van der Waals surface area contributed by atoms with Gasteiger partial charge in [0.1, 0.15) is 0 Å². The molecule has 25 aromatic rings. The topological polar surface area (TPSA) is 262 Å². The van der Waals surface area contributed by atoms with E-state index in [1.54, 1.807) is 12.4 Å². The zero-order valence-corrected chi connectivity index (χ0v) is 77.8. The molecule has 0 radical (unpaired) electrons. The van der Waals surface area contributed by atoms with Crippen LogP contribution in [0.5, 0.6) is 0 Å². The summed E-state index contributed by atoms with van der Waals surface area (Å²) in [5.74, 6) is 5.49. The van der Waals surface area contributed by atoms with Gasteiger partial charge in [-0.2, -0.15) is 15.8 Å². The largest absolute Gasteiger partial charge is 0.309 e. The van der Waals surface area contributed by atoms with Crippen molar-refractivity contribution in [3.8, 4) is 233 Å². The van der Waals surface area contributed by atoms with Crippen LogP contribution in [0.4, 0.5) is 0 Å². The molecule has 17 aromatic carbocycles. The average Bonchev–Trinajstić information content (AvgIpc) is 1.57. The van der Waals surface area contributed by atoms with E-state index in [1.807, 2.05) is 304 Å². The van der Waals surface area contributed by atoms with Gasteiger partial charge in [-0.15, -0.1) is 0 Å². The highest BCUT2D eigenvalue weighted by Gasteiger charge is 2.29. The van der Waals surface area contributed by atoms with Crippen LogP contribution in [0, 0.1) is 34.0 Å². The Labute approximate surface area is 837 Å². The zero-order valence-electron chi connectivity index (χ0n) is 77.8. The summed E-state index contributed by atoms with van der Waals surface area (Å²) in [6, 6.07) is 151. The number of fused-ring (bicyclic) bond motifs is 6. The summed E-state index contributed by atoms with van der Waals surface area (Å²) in [6.45, 7) is 0. The Balaban J connectivity index is 0.639. The first-order valence-corrected chi connectivity index (χ1v) is 47.6. The SMILES string of the molecule is N#Cc1ccc(-c2ccc3c(c2)c2ccccc2n3-c2ccc(-c3nc(-c4ccccc4)nc(-c4cccc(-c5cccc(-c6nc(-c7ccccc7)nc(-c7ccncc7-c7cc(-c8nc(-c9ccccc9)nc(-c9ccccc9)n8)ccc7-n7c8ccc(-c9cccc(C#N)c9)cc8c8cc(-c9cccc(C#N)c9)ccc87)n6)c5)c4)n3)cc2-c2cnccc2-c2nc(-c3ccccc3)nc(-c3ccccc3)n2)cc1. The fourth-order valence-corrected chi connectivity index (χ4v) is 19.3. The molecule has 0 unspecified atom stereocenters. The van der Waals surface area contributed by atoms with Crippen molar-refractivity contribution in [3.05, 3.63) is 472 Å². The molecule has 0 fully saturated rings. The smallest absolute Gasteiger partial charge is 0.164 e. The van der Waals surface area contributed by atoms with Crippen molar-refractivity contribution in [2.24, 2.45) is 0 Å². The van der Waals surface area contributed by atoms with Crippen LogP contribution >= 0.6 is 0 Å². The Bertz CT molecular complexity index is 9370. The average molecular weight is 1870 g/mol. The summed E-state index contributed by atoms with van der Waals surface area (Å²) in [4.78, 5) is 74.2. The van der Waals surface area contributed by atoms with Crippen LogP contribution < -0.4 is 0 Å². The van der Waals surface area contributed by atoms with E-state index in [0.29, 0.717) is 114 Å².